The third kappa shape index (κ3) is 2.49. The fourth-order valence-corrected chi connectivity index (χ4v) is 1.25. The van der Waals surface area contributed by atoms with E-state index in [0.717, 1.165) is 5.76 Å². The summed E-state index contributed by atoms with van der Waals surface area (Å²) in [5.41, 5.74) is 0. The van der Waals surface area contributed by atoms with Crippen LogP contribution in [-0.2, 0) is 6.42 Å². The predicted molar refractivity (Wildman–Crippen MR) is 53.5 cm³/mol. The first-order valence-electron chi connectivity index (χ1n) is 4.70. The highest BCUT2D eigenvalue weighted by Gasteiger charge is 2.07. The van der Waals surface area contributed by atoms with E-state index in [0.29, 0.717) is 18.7 Å². The van der Waals surface area contributed by atoms with Crippen molar-refractivity contribution in [1.29, 1.82) is 0 Å². The van der Waals surface area contributed by atoms with Crippen LogP contribution in [0.3, 0.4) is 0 Å². The van der Waals surface area contributed by atoms with Crippen LogP contribution in [0.25, 0.3) is 0 Å². The quantitative estimate of drug-likeness (QED) is 0.828. The largest absolute Gasteiger partial charge is 0.469 e. The maximum atomic E-state index is 11.4. The monoisotopic (exact) mass is 205 g/mol. The smallest absolute Gasteiger partial charge is 0.286 e. The van der Waals surface area contributed by atoms with Gasteiger partial charge in [-0.3, -0.25) is 4.79 Å². The van der Waals surface area contributed by atoms with Gasteiger partial charge >= 0.3 is 0 Å². The number of rotatable bonds is 4. The molecule has 0 aliphatic carbocycles. The molecule has 0 aromatic carbocycles. The molecule has 2 aromatic rings. The van der Waals surface area contributed by atoms with Crippen LogP contribution in [0.5, 0.6) is 0 Å². The fourth-order valence-electron chi connectivity index (χ4n) is 1.25. The van der Waals surface area contributed by atoms with Crippen LogP contribution >= 0.6 is 0 Å². The molecule has 0 fully saturated rings. The Balaban J connectivity index is 1.77. The molecule has 0 saturated heterocycles. The lowest BCUT2D eigenvalue weighted by molar-refractivity contribution is 0.0926. The maximum absolute atomic E-state index is 11.4. The molecule has 0 atom stereocenters. The average molecular weight is 205 g/mol. The molecule has 2 heterocycles. The average Bonchev–Trinajstić information content (AvgIpc) is 2.90. The second-order valence-corrected chi connectivity index (χ2v) is 3.06. The van der Waals surface area contributed by atoms with Crippen molar-refractivity contribution in [2.45, 2.75) is 6.42 Å². The van der Waals surface area contributed by atoms with E-state index in [2.05, 4.69) is 5.32 Å². The summed E-state index contributed by atoms with van der Waals surface area (Å²) < 4.78 is 10.1. The summed E-state index contributed by atoms with van der Waals surface area (Å²) in [6.07, 6.45) is 3.77. The van der Waals surface area contributed by atoms with Crippen LogP contribution < -0.4 is 5.32 Å². The van der Waals surface area contributed by atoms with E-state index < -0.39 is 0 Å². The van der Waals surface area contributed by atoms with Crippen LogP contribution in [-0.4, -0.2) is 12.5 Å². The minimum absolute atomic E-state index is 0.202. The number of carbonyl (C=O) groups is 1. The van der Waals surface area contributed by atoms with Crippen molar-refractivity contribution in [3.8, 4) is 0 Å². The van der Waals surface area contributed by atoms with Gasteiger partial charge in [-0.15, -0.1) is 0 Å². The third-order valence-electron chi connectivity index (χ3n) is 1.98. The Hall–Kier alpha value is -1.97. The topological polar surface area (TPSA) is 55.4 Å². The predicted octanol–water partition coefficient (Wildman–Crippen LogP) is 1.85. The van der Waals surface area contributed by atoms with Gasteiger partial charge in [0.15, 0.2) is 5.76 Å². The van der Waals surface area contributed by atoms with E-state index in [9.17, 15) is 4.79 Å². The van der Waals surface area contributed by atoms with E-state index in [1.807, 2.05) is 12.1 Å². The summed E-state index contributed by atoms with van der Waals surface area (Å²) >= 11 is 0. The number of carbonyl (C=O) groups excluding carboxylic acids is 1. The summed E-state index contributed by atoms with van der Waals surface area (Å²) in [6, 6.07) is 7.01. The first-order chi connectivity index (χ1) is 7.36. The van der Waals surface area contributed by atoms with Gasteiger partial charge in [-0.05, 0) is 24.3 Å². The molecule has 1 N–H and O–H groups in total. The lowest BCUT2D eigenvalue weighted by Gasteiger charge is -2.00. The first kappa shape index (κ1) is 9.58. The molecule has 4 nitrogen and oxygen atoms in total. The Morgan fingerprint density at radius 3 is 2.67 bits per heavy atom. The zero-order valence-electron chi connectivity index (χ0n) is 8.10. The van der Waals surface area contributed by atoms with Crippen molar-refractivity contribution in [3.05, 3.63) is 48.3 Å². The van der Waals surface area contributed by atoms with Gasteiger partial charge in [-0.2, -0.15) is 0 Å². The lowest BCUT2D eigenvalue weighted by atomic mass is 10.3. The molecule has 15 heavy (non-hydrogen) atoms. The standard InChI is InChI=1S/C11H11NO3/c13-11(10-4-2-8-15-10)12-6-5-9-3-1-7-14-9/h1-4,7-8H,5-6H2,(H,12,13). The molecular formula is C11H11NO3. The lowest BCUT2D eigenvalue weighted by Crippen LogP contribution is -2.25. The summed E-state index contributed by atoms with van der Waals surface area (Å²) in [4.78, 5) is 11.4. The highest BCUT2D eigenvalue weighted by Crippen LogP contribution is 2.01. The van der Waals surface area contributed by atoms with Crippen LogP contribution in [0.1, 0.15) is 16.3 Å². The van der Waals surface area contributed by atoms with Crippen LogP contribution in [0.2, 0.25) is 0 Å². The van der Waals surface area contributed by atoms with Gasteiger partial charge in [-0.1, -0.05) is 0 Å². The number of furan rings is 2. The summed E-state index contributed by atoms with van der Waals surface area (Å²) in [6.45, 7) is 0.535. The Bertz CT molecular complexity index is 403. The summed E-state index contributed by atoms with van der Waals surface area (Å²) in [7, 11) is 0. The Labute approximate surface area is 86.9 Å². The zero-order valence-corrected chi connectivity index (χ0v) is 8.10. The van der Waals surface area contributed by atoms with Crippen molar-refractivity contribution in [2.75, 3.05) is 6.54 Å². The summed E-state index contributed by atoms with van der Waals surface area (Å²) in [5, 5.41) is 2.73. The third-order valence-corrected chi connectivity index (χ3v) is 1.98. The Kier molecular flexibility index (Phi) is 2.88. The van der Waals surface area contributed by atoms with Gasteiger partial charge in [-0.25, -0.2) is 0 Å². The number of nitrogens with one attached hydrogen (secondary N) is 1. The molecule has 0 aliphatic rings. The van der Waals surface area contributed by atoms with Gasteiger partial charge in [0, 0.05) is 13.0 Å². The number of hydrogen-bond acceptors (Lipinski definition) is 3. The van der Waals surface area contributed by atoms with Crippen molar-refractivity contribution < 1.29 is 13.6 Å². The number of hydrogen-bond donors (Lipinski definition) is 1. The van der Waals surface area contributed by atoms with Gasteiger partial charge < -0.3 is 14.2 Å². The van der Waals surface area contributed by atoms with E-state index in [4.69, 9.17) is 8.83 Å². The highest BCUT2D eigenvalue weighted by molar-refractivity contribution is 5.91. The van der Waals surface area contributed by atoms with Crippen molar-refractivity contribution in [1.82, 2.24) is 5.32 Å². The molecule has 0 aliphatic heterocycles. The molecule has 1 amide bonds. The van der Waals surface area contributed by atoms with E-state index >= 15 is 0 Å². The Morgan fingerprint density at radius 2 is 2.00 bits per heavy atom. The summed E-state index contributed by atoms with van der Waals surface area (Å²) in [5.74, 6) is 0.982. The second kappa shape index (κ2) is 4.50. The van der Waals surface area contributed by atoms with Gasteiger partial charge in [0.25, 0.3) is 5.91 Å². The molecular weight excluding hydrogens is 194 g/mol. The Morgan fingerprint density at radius 1 is 1.20 bits per heavy atom. The van der Waals surface area contributed by atoms with Crippen molar-refractivity contribution >= 4 is 5.91 Å². The number of amides is 1. The SMILES string of the molecule is O=C(NCCc1ccco1)c1ccco1. The van der Waals surface area contributed by atoms with Crippen LogP contribution in [0, 0.1) is 0 Å². The molecule has 0 saturated carbocycles. The highest BCUT2D eigenvalue weighted by atomic mass is 16.3. The van der Waals surface area contributed by atoms with E-state index in [-0.39, 0.29) is 5.91 Å². The zero-order chi connectivity index (χ0) is 10.5. The van der Waals surface area contributed by atoms with Crippen molar-refractivity contribution in [2.24, 2.45) is 0 Å². The van der Waals surface area contributed by atoms with Crippen LogP contribution in [0.4, 0.5) is 0 Å². The van der Waals surface area contributed by atoms with Crippen LogP contribution in [0.15, 0.2) is 45.6 Å². The normalized spacial score (nSPS) is 10.1. The molecule has 0 bridgehead atoms. The molecule has 4 heteroatoms. The van der Waals surface area contributed by atoms with E-state index in [1.54, 1.807) is 18.4 Å². The molecule has 0 unspecified atom stereocenters. The van der Waals surface area contributed by atoms with Gasteiger partial charge in [0.2, 0.25) is 0 Å². The minimum Gasteiger partial charge on any atom is -0.469 e. The molecule has 2 rings (SSSR count). The fraction of sp³-hybridized carbons (Fsp3) is 0.182. The van der Waals surface area contributed by atoms with Crippen molar-refractivity contribution in [3.63, 3.8) is 0 Å². The molecule has 2 aromatic heterocycles. The second-order valence-electron chi connectivity index (χ2n) is 3.06. The van der Waals surface area contributed by atoms with Gasteiger partial charge in [0.05, 0.1) is 12.5 Å². The molecule has 78 valence electrons. The molecule has 0 radical (unpaired) electrons. The van der Waals surface area contributed by atoms with Gasteiger partial charge in [0.1, 0.15) is 5.76 Å². The minimum atomic E-state index is -0.202. The van der Waals surface area contributed by atoms with E-state index in [1.165, 1.54) is 6.26 Å². The first-order valence-corrected chi connectivity index (χ1v) is 4.70. The maximum Gasteiger partial charge on any atom is 0.286 e. The molecule has 0 spiro atoms.